The van der Waals surface area contributed by atoms with Gasteiger partial charge >= 0.3 is 0 Å². The summed E-state index contributed by atoms with van der Waals surface area (Å²) in [6.45, 7) is 4.22. The first-order chi connectivity index (χ1) is 15.8. The molecule has 2 N–H and O–H groups in total. The van der Waals surface area contributed by atoms with Crippen molar-refractivity contribution in [3.63, 3.8) is 0 Å². The Hall–Kier alpha value is -3.68. The summed E-state index contributed by atoms with van der Waals surface area (Å²) >= 11 is 0. The Morgan fingerprint density at radius 1 is 0.938 bits per heavy atom. The fraction of sp³-hybridized carbons (Fsp3) is 0.333. The van der Waals surface area contributed by atoms with Gasteiger partial charge in [-0.25, -0.2) is 9.97 Å². The predicted octanol–water partition coefficient (Wildman–Crippen LogP) is 4.95. The number of hydrogen-bond acceptors (Lipinski definition) is 7. The molecule has 0 aliphatic carbocycles. The topological polar surface area (TPSA) is 83.3 Å². The lowest BCUT2D eigenvalue weighted by Gasteiger charge is -2.19. The van der Waals surface area contributed by atoms with Crippen molar-refractivity contribution < 1.29 is 0 Å². The van der Waals surface area contributed by atoms with Crippen molar-refractivity contribution in [2.75, 3.05) is 28.6 Å². The zero-order chi connectivity index (χ0) is 21.8. The van der Waals surface area contributed by atoms with Gasteiger partial charge in [-0.15, -0.1) is 0 Å². The molecule has 1 saturated heterocycles. The molecule has 0 atom stereocenters. The van der Waals surface area contributed by atoms with E-state index in [1.807, 2.05) is 47.1 Å². The number of aryl methyl sites for hydroxylation is 1. The minimum atomic E-state index is 0.541. The van der Waals surface area contributed by atoms with Crippen LogP contribution in [-0.4, -0.2) is 37.4 Å². The number of hydrogen-bond donors (Lipinski definition) is 2. The maximum absolute atomic E-state index is 4.79. The zero-order valence-electron chi connectivity index (χ0n) is 18.3. The number of rotatable bonds is 8. The summed E-state index contributed by atoms with van der Waals surface area (Å²) in [5.74, 6) is 2.97. The van der Waals surface area contributed by atoms with Crippen LogP contribution in [0.15, 0.2) is 55.0 Å². The van der Waals surface area contributed by atoms with Crippen LogP contribution < -0.4 is 15.5 Å². The molecule has 0 saturated carbocycles. The molecule has 5 heterocycles. The summed E-state index contributed by atoms with van der Waals surface area (Å²) in [4.78, 5) is 20.9. The largest absolute Gasteiger partial charge is 0.356 e. The predicted molar refractivity (Wildman–Crippen MR) is 128 cm³/mol. The summed E-state index contributed by atoms with van der Waals surface area (Å²) in [5, 5.41) is 6.74. The van der Waals surface area contributed by atoms with Crippen molar-refractivity contribution in [3.05, 3.63) is 60.7 Å². The van der Waals surface area contributed by atoms with Gasteiger partial charge in [0.2, 0.25) is 5.95 Å². The lowest BCUT2D eigenvalue weighted by molar-refractivity contribution is 0.777. The summed E-state index contributed by atoms with van der Waals surface area (Å²) in [6.07, 6.45) is 11.3. The second-order valence-electron chi connectivity index (χ2n) is 8.10. The lowest BCUT2D eigenvalue weighted by atomic mass is 10.2. The Morgan fingerprint density at radius 2 is 1.84 bits per heavy atom. The van der Waals surface area contributed by atoms with Crippen molar-refractivity contribution in [1.29, 1.82) is 0 Å². The van der Waals surface area contributed by atoms with Crippen molar-refractivity contribution in [2.45, 2.75) is 39.0 Å². The highest BCUT2D eigenvalue weighted by molar-refractivity contribution is 5.65. The molecule has 164 valence electrons. The van der Waals surface area contributed by atoms with E-state index in [2.05, 4.69) is 33.5 Å². The van der Waals surface area contributed by atoms with Gasteiger partial charge in [-0.2, -0.15) is 9.97 Å². The molecule has 0 aromatic carbocycles. The van der Waals surface area contributed by atoms with Crippen molar-refractivity contribution in [2.24, 2.45) is 0 Å². The summed E-state index contributed by atoms with van der Waals surface area (Å²) in [6, 6.07) is 12.1. The third-order valence-electron chi connectivity index (χ3n) is 5.65. The van der Waals surface area contributed by atoms with Crippen LogP contribution in [0.1, 0.15) is 38.3 Å². The van der Waals surface area contributed by atoms with Crippen LogP contribution in [0.5, 0.6) is 0 Å². The molecular formula is C24H28N8. The first kappa shape index (κ1) is 20.2. The van der Waals surface area contributed by atoms with E-state index >= 15 is 0 Å². The molecule has 1 aliphatic heterocycles. The van der Waals surface area contributed by atoms with E-state index in [0.29, 0.717) is 5.95 Å². The molecule has 0 unspecified atom stereocenters. The van der Waals surface area contributed by atoms with Gasteiger partial charge < -0.3 is 19.9 Å². The van der Waals surface area contributed by atoms with Crippen molar-refractivity contribution in [3.8, 4) is 0 Å². The highest BCUT2D eigenvalue weighted by atomic mass is 15.3. The average molecular weight is 429 g/mol. The number of aromatic nitrogens is 5. The van der Waals surface area contributed by atoms with Crippen LogP contribution in [-0.2, 0) is 6.42 Å². The second kappa shape index (κ2) is 9.21. The smallest absolute Gasteiger partial charge is 0.232 e. The van der Waals surface area contributed by atoms with Crippen LogP contribution in [0, 0.1) is 0 Å². The fourth-order valence-electron chi connectivity index (χ4n) is 3.96. The van der Waals surface area contributed by atoms with Gasteiger partial charge in [0.15, 0.2) is 0 Å². The zero-order valence-corrected chi connectivity index (χ0v) is 18.3. The van der Waals surface area contributed by atoms with Crippen LogP contribution in [0.4, 0.5) is 29.1 Å². The van der Waals surface area contributed by atoms with E-state index in [1.165, 1.54) is 12.8 Å². The molecule has 0 bridgehead atoms. The van der Waals surface area contributed by atoms with Crippen LogP contribution in [0.25, 0.3) is 5.65 Å². The minimum Gasteiger partial charge on any atom is -0.356 e. The van der Waals surface area contributed by atoms with E-state index in [0.717, 1.165) is 66.8 Å². The molecule has 32 heavy (non-hydrogen) atoms. The van der Waals surface area contributed by atoms with Gasteiger partial charge in [-0.3, -0.25) is 0 Å². The molecule has 0 spiro atoms. The molecule has 0 radical (unpaired) electrons. The van der Waals surface area contributed by atoms with Gasteiger partial charge in [-0.05, 0) is 43.9 Å². The number of nitrogens with zero attached hydrogens (tertiary/aromatic N) is 6. The Labute approximate surface area is 187 Å². The first-order valence-electron chi connectivity index (χ1n) is 11.3. The van der Waals surface area contributed by atoms with Gasteiger partial charge in [0.25, 0.3) is 0 Å². The molecule has 1 fully saturated rings. The van der Waals surface area contributed by atoms with Crippen molar-refractivity contribution >= 4 is 34.7 Å². The first-order valence-corrected chi connectivity index (χ1v) is 11.3. The number of fused-ring (bicyclic) bond motifs is 1. The van der Waals surface area contributed by atoms with Crippen LogP contribution in [0.3, 0.4) is 0 Å². The quantitative estimate of drug-likeness (QED) is 0.411. The highest BCUT2D eigenvalue weighted by Gasteiger charge is 2.16. The number of imidazole rings is 1. The van der Waals surface area contributed by atoms with E-state index < -0.39 is 0 Å². The Kier molecular flexibility index (Phi) is 5.83. The van der Waals surface area contributed by atoms with Gasteiger partial charge in [0.05, 0.1) is 0 Å². The minimum absolute atomic E-state index is 0.541. The Balaban J connectivity index is 1.43. The Bertz CT molecular complexity index is 1200. The number of nitrogens with one attached hydrogen (secondary N) is 2. The molecule has 8 heteroatoms. The van der Waals surface area contributed by atoms with Crippen molar-refractivity contribution in [1.82, 2.24) is 24.3 Å². The fourth-order valence-corrected chi connectivity index (χ4v) is 3.96. The van der Waals surface area contributed by atoms with Gasteiger partial charge in [0.1, 0.15) is 23.1 Å². The summed E-state index contributed by atoms with van der Waals surface area (Å²) < 4.78 is 1.98. The van der Waals surface area contributed by atoms with E-state index in [4.69, 9.17) is 15.0 Å². The van der Waals surface area contributed by atoms with Gasteiger partial charge in [-0.1, -0.05) is 19.4 Å². The molecule has 5 rings (SSSR count). The van der Waals surface area contributed by atoms with Crippen LogP contribution in [0.2, 0.25) is 0 Å². The van der Waals surface area contributed by atoms with Crippen LogP contribution >= 0.6 is 0 Å². The van der Waals surface area contributed by atoms with E-state index in [-0.39, 0.29) is 0 Å². The molecule has 4 aromatic heterocycles. The monoisotopic (exact) mass is 428 g/mol. The molecule has 4 aromatic rings. The Morgan fingerprint density at radius 3 is 2.72 bits per heavy atom. The van der Waals surface area contributed by atoms with E-state index in [1.54, 1.807) is 6.20 Å². The number of anilines is 5. The standard InChI is InChI=1S/C24H28N8/c1-2-3-7-18-8-6-9-20(26-18)28-24-29-21(17-23(30-24)31-12-4-5-13-31)27-19-10-14-32-15-11-25-22(32)16-19/h6,8-11,14-17H,2-5,7,12-13H2,1H3,(H2,26,27,28,29,30). The molecule has 0 amide bonds. The lowest BCUT2D eigenvalue weighted by Crippen LogP contribution is -2.20. The SMILES string of the molecule is CCCCc1cccc(Nc2nc(Nc3ccn4ccnc4c3)cc(N3CCCC3)n2)n1. The third kappa shape index (κ3) is 4.64. The van der Waals surface area contributed by atoms with Gasteiger partial charge in [0, 0.05) is 55.2 Å². The maximum Gasteiger partial charge on any atom is 0.232 e. The normalized spacial score (nSPS) is 13.6. The highest BCUT2D eigenvalue weighted by Crippen LogP contribution is 2.26. The molecule has 8 nitrogen and oxygen atoms in total. The molecule has 1 aliphatic rings. The average Bonchev–Trinajstić information content (AvgIpc) is 3.50. The maximum atomic E-state index is 4.79. The molecular weight excluding hydrogens is 400 g/mol. The summed E-state index contributed by atoms with van der Waals surface area (Å²) in [7, 11) is 0. The van der Waals surface area contributed by atoms with E-state index in [9.17, 15) is 0 Å². The third-order valence-corrected chi connectivity index (χ3v) is 5.65. The number of unbranched alkanes of at least 4 members (excludes halogenated alkanes) is 1. The summed E-state index contributed by atoms with van der Waals surface area (Å²) in [5.41, 5.74) is 2.90. The second-order valence-corrected chi connectivity index (χ2v) is 8.10. The number of pyridine rings is 2.